The Bertz CT molecular complexity index is 1440. The van der Waals surface area contributed by atoms with Crippen LogP contribution in [0.15, 0.2) is 52.0 Å². The van der Waals surface area contributed by atoms with Gasteiger partial charge in [0.1, 0.15) is 6.54 Å². The van der Waals surface area contributed by atoms with Crippen LogP contribution in [0.4, 0.5) is 5.69 Å². The van der Waals surface area contributed by atoms with E-state index in [9.17, 15) is 19.2 Å². The monoisotopic (exact) mass is 451 g/mol. The van der Waals surface area contributed by atoms with Gasteiger partial charge >= 0.3 is 11.7 Å². The SMILES string of the molecule is CN1/C(=C\C(=O)COC(=O)Cn2cnc3c2c(=O)n(C)c(=O)n3C)C(C)(C)c2ccccc21. The topological polar surface area (TPSA) is 108 Å². The summed E-state index contributed by atoms with van der Waals surface area (Å²) in [5, 5.41) is 0. The van der Waals surface area contributed by atoms with Gasteiger partial charge in [-0.1, -0.05) is 32.0 Å². The summed E-state index contributed by atoms with van der Waals surface area (Å²) in [6.45, 7) is 3.34. The highest BCUT2D eigenvalue weighted by Gasteiger charge is 2.38. The lowest BCUT2D eigenvalue weighted by atomic mass is 9.83. The molecule has 4 rings (SSSR count). The van der Waals surface area contributed by atoms with Crippen molar-refractivity contribution in [2.24, 2.45) is 14.1 Å². The standard InChI is InChI=1S/C23H25N5O5/c1-23(2)15-8-6-7-9-16(15)25(3)17(23)10-14(29)12-33-18(30)11-28-13-24-20-19(28)21(31)27(5)22(32)26(20)4/h6-10,13H,11-12H2,1-5H3/b17-10-. The molecule has 0 saturated carbocycles. The molecule has 33 heavy (non-hydrogen) atoms. The van der Waals surface area contributed by atoms with E-state index in [1.165, 1.54) is 35.6 Å². The molecule has 1 aliphatic heterocycles. The highest BCUT2D eigenvalue weighted by atomic mass is 16.5. The fourth-order valence-corrected chi connectivity index (χ4v) is 4.31. The van der Waals surface area contributed by atoms with E-state index in [-0.39, 0.29) is 28.9 Å². The Morgan fingerprint density at radius 2 is 1.79 bits per heavy atom. The van der Waals surface area contributed by atoms with Gasteiger partial charge in [-0.3, -0.25) is 23.5 Å². The van der Waals surface area contributed by atoms with Crippen LogP contribution in [0.5, 0.6) is 0 Å². The number of likely N-dealkylation sites (N-methyl/N-ethyl adjacent to an activating group) is 1. The number of aromatic nitrogens is 4. The molecule has 0 bridgehead atoms. The van der Waals surface area contributed by atoms with Crippen LogP contribution >= 0.6 is 0 Å². The van der Waals surface area contributed by atoms with Gasteiger partial charge in [0.05, 0.1) is 6.33 Å². The third-order valence-corrected chi connectivity index (χ3v) is 6.13. The smallest absolute Gasteiger partial charge is 0.332 e. The minimum atomic E-state index is -0.695. The predicted octanol–water partition coefficient (Wildman–Crippen LogP) is 0.857. The van der Waals surface area contributed by atoms with Crippen LogP contribution in [0.2, 0.25) is 0 Å². The lowest BCUT2D eigenvalue weighted by Crippen LogP contribution is -2.37. The molecule has 0 saturated heterocycles. The van der Waals surface area contributed by atoms with Crippen LogP contribution in [-0.4, -0.2) is 44.1 Å². The van der Waals surface area contributed by atoms with Gasteiger partial charge in [0, 0.05) is 44.0 Å². The molecule has 0 N–H and O–H groups in total. The van der Waals surface area contributed by atoms with Crippen molar-refractivity contribution in [3.63, 3.8) is 0 Å². The molecule has 1 aromatic carbocycles. The molecule has 1 aliphatic rings. The quantitative estimate of drug-likeness (QED) is 0.418. The number of hydrogen-bond acceptors (Lipinski definition) is 7. The van der Waals surface area contributed by atoms with Crippen molar-refractivity contribution >= 4 is 28.6 Å². The number of carbonyl (C=O) groups excluding carboxylic acids is 2. The van der Waals surface area contributed by atoms with Crippen molar-refractivity contribution in [1.82, 2.24) is 18.7 Å². The zero-order chi connectivity index (χ0) is 24.1. The number of allylic oxidation sites excluding steroid dienone is 1. The maximum absolute atomic E-state index is 12.6. The minimum absolute atomic E-state index is 0.108. The van der Waals surface area contributed by atoms with Gasteiger partial charge in [0.15, 0.2) is 23.6 Å². The van der Waals surface area contributed by atoms with E-state index in [0.29, 0.717) is 0 Å². The van der Waals surface area contributed by atoms with E-state index in [2.05, 4.69) is 4.98 Å². The largest absolute Gasteiger partial charge is 0.456 e. The number of imidazole rings is 1. The van der Waals surface area contributed by atoms with Crippen LogP contribution in [0.3, 0.4) is 0 Å². The van der Waals surface area contributed by atoms with Crippen LogP contribution in [0.25, 0.3) is 11.2 Å². The first-order valence-electron chi connectivity index (χ1n) is 10.4. The molecule has 3 aromatic rings. The van der Waals surface area contributed by atoms with E-state index in [1.807, 2.05) is 50.1 Å². The average Bonchev–Trinajstić information content (AvgIpc) is 3.28. The fraction of sp³-hybridized carbons (Fsp3) is 0.348. The van der Waals surface area contributed by atoms with Gasteiger partial charge in [-0.2, -0.15) is 0 Å². The number of fused-ring (bicyclic) bond motifs is 2. The van der Waals surface area contributed by atoms with Crippen LogP contribution < -0.4 is 16.1 Å². The Balaban J connectivity index is 1.48. The van der Waals surface area contributed by atoms with Crippen molar-refractivity contribution in [1.29, 1.82) is 0 Å². The van der Waals surface area contributed by atoms with Crippen molar-refractivity contribution in [3.8, 4) is 0 Å². The Hall–Kier alpha value is -3.95. The first-order valence-corrected chi connectivity index (χ1v) is 10.4. The zero-order valence-corrected chi connectivity index (χ0v) is 19.2. The van der Waals surface area contributed by atoms with E-state index in [4.69, 9.17) is 4.74 Å². The molecule has 10 nitrogen and oxygen atoms in total. The van der Waals surface area contributed by atoms with Gasteiger partial charge in [-0.05, 0) is 11.6 Å². The van der Waals surface area contributed by atoms with Crippen LogP contribution in [-0.2, 0) is 40.4 Å². The Labute approximate surface area is 189 Å². The third-order valence-electron chi connectivity index (χ3n) is 6.13. The van der Waals surface area contributed by atoms with Gasteiger partial charge in [-0.15, -0.1) is 0 Å². The summed E-state index contributed by atoms with van der Waals surface area (Å²) in [5.74, 6) is -1.04. The number of hydrogen-bond donors (Lipinski definition) is 0. The molecule has 0 unspecified atom stereocenters. The number of rotatable bonds is 5. The maximum Gasteiger partial charge on any atom is 0.332 e. The van der Waals surface area contributed by atoms with Crippen molar-refractivity contribution in [2.75, 3.05) is 18.6 Å². The lowest BCUT2D eigenvalue weighted by molar-refractivity contribution is -0.147. The van der Waals surface area contributed by atoms with Gasteiger partial charge < -0.3 is 14.2 Å². The minimum Gasteiger partial charge on any atom is -0.456 e. The Kier molecular flexibility index (Phi) is 5.31. The Morgan fingerprint density at radius 3 is 2.48 bits per heavy atom. The molecule has 0 spiro atoms. The number of benzene rings is 1. The normalized spacial score (nSPS) is 15.8. The number of ether oxygens (including phenoxy) is 1. The number of anilines is 1. The van der Waals surface area contributed by atoms with Crippen LogP contribution in [0, 0.1) is 0 Å². The van der Waals surface area contributed by atoms with Gasteiger partial charge in [0.25, 0.3) is 5.56 Å². The summed E-state index contributed by atoms with van der Waals surface area (Å²) in [6.07, 6.45) is 2.80. The second kappa shape index (κ2) is 7.88. The van der Waals surface area contributed by atoms with E-state index >= 15 is 0 Å². The van der Waals surface area contributed by atoms with E-state index in [0.717, 1.165) is 21.5 Å². The van der Waals surface area contributed by atoms with Crippen LogP contribution in [0.1, 0.15) is 19.4 Å². The second-order valence-electron chi connectivity index (χ2n) is 8.61. The maximum atomic E-state index is 12.6. The molecule has 172 valence electrons. The molecule has 0 atom stereocenters. The zero-order valence-electron chi connectivity index (χ0n) is 19.2. The summed E-state index contributed by atoms with van der Waals surface area (Å²) in [5.41, 5.74) is 1.80. The first-order chi connectivity index (χ1) is 15.5. The molecule has 0 amide bonds. The highest BCUT2D eigenvalue weighted by Crippen LogP contribution is 2.46. The number of carbonyl (C=O) groups is 2. The summed E-state index contributed by atoms with van der Waals surface area (Å²) >= 11 is 0. The number of ketones is 1. The second-order valence-corrected chi connectivity index (χ2v) is 8.61. The number of esters is 1. The van der Waals surface area contributed by atoms with Gasteiger partial charge in [-0.25, -0.2) is 9.78 Å². The van der Waals surface area contributed by atoms with Crippen molar-refractivity contribution < 1.29 is 14.3 Å². The average molecular weight is 451 g/mol. The summed E-state index contributed by atoms with van der Waals surface area (Å²) < 4.78 is 8.65. The summed E-state index contributed by atoms with van der Waals surface area (Å²) in [4.78, 5) is 55.5. The van der Waals surface area contributed by atoms with Gasteiger partial charge in [0.2, 0.25) is 0 Å². The summed E-state index contributed by atoms with van der Waals surface area (Å²) in [7, 11) is 4.74. The Morgan fingerprint density at radius 1 is 1.09 bits per heavy atom. The number of nitrogens with zero attached hydrogens (tertiary/aromatic N) is 5. The number of aryl methyl sites for hydroxylation is 1. The molecular weight excluding hydrogens is 426 g/mol. The highest BCUT2D eigenvalue weighted by molar-refractivity contribution is 5.94. The lowest BCUT2D eigenvalue weighted by Gasteiger charge is -2.23. The molecule has 2 aromatic heterocycles. The number of para-hydroxylation sites is 1. The summed E-state index contributed by atoms with van der Waals surface area (Å²) in [6, 6.07) is 7.94. The molecule has 0 aliphatic carbocycles. The van der Waals surface area contributed by atoms with Crippen molar-refractivity contribution in [2.45, 2.75) is 25.8 Å². The third kappa shape index (κ3) is 3.57. The first kappa shape index (κ1) is 22.3. The fourth-order valence-electron chi connectivity index (χ4n) is 4.31. The molecule has 0 radical (unpaired) electrons. The molecular formula is C23H25N5O5. The molecule has 3 heterocycles. The molecule has 0 fully saturated rings. The van der Waals surface area contributed by atoms with Crippen molar-refractivity contribution in [3.05, 3.63) is 68.8 Å². The van der Waals surface area contributed by atoms with E-state index in [1.54, 1.807) is 0 Å². The van der Waals surface area contributed by atoms with E-state index < -0.39 is 23.8 Å². The predicted molar refractivity (Wildman–Crippen MR) is 122 cm³/mol. The molecule has 10 heteroatoms.